The molecule has 0 bridgehead atoms. The van der Waals surface area contributed by atoms with Gasteiger partial charge >= 0.3 is 12.2 Å². The van der Waals surface area contributed by atoms with Gasteiger partial charge in [-0.15, -0.1) is 0 Å². The number of alkyl carbamates (subject to hydrolysis) is 1. The van der Waals surface area contributed by atoms with E-state index in [1.165, 1.54) is 28.0 Å². The molecule has 3 N–H and O–H groups in total. The molecule has 0 unspecified atom stereocenters. The Kier molecular flexibility index (Phi) is 11.4. The molecule has 6 atom stereocenters. The summed E-state index contributed by atoms with van der Waals surface area (Å²) in [5, 5.41) is 8.66. The molecule has 0 spiro atoms. The number of fused-ring (bicyclic) bond motifs is 3. The molecule has 3 aliphatic heterocycles. The molecular formula is C39H50F2N6O7. The van der Waals surface area contributed by atoms with Crippen molar-refractivity contribution in [2.45, 2.75) is 134 Å². The third kappa shape index (κ3) is 8.92. The minimum Gasteiger partial charge on any atom is -0.444 e. The van der Waals surface area contributed by atoms with Crippen LogP contribution in [0.15, 0.2) is 36.5 Å². The van der Waals surface area contributed by atoms with Crippen LogP contribution in [0, 0.1) is 17.6 Å². The van der Waals surface area contributed by atoms with Crippen LogP contribution in [0.25, 0.3) is 0 Å². The summed E-state index contributed by atoms with van der Waals surface area (Å²) in [7, 11) is 0. The van der Waals surface area contributed by atoms with Gasteiger partial charge in [-0.05, 0) is 76.6 Å². The lowest BCUT2D eigenvalue weighted by molar-refractivity contribution is -0.141. The molecule has 15 heteroatoms. The van der Waals surface area contributed by atoms with Gasteiger partial charge in [-0.25, -0.2) is 18.4 Å². The second-order valence-electron chi connectivity index (χ2n) is 16.0. The number of hydrogen-bond acceptors (Lipinski definition) is 8. The van der Waals surface area contributed by atoms with Crippen LogP contribution in [-0.4, -0.2) is 80.6 Å². The molecule has 6 rings (SSSR count). The van der Waals surface area contributed by atoms with E-state index in [-0.39, 0.29) is 32.0 Å². The fraction of sp³-hybridized carbons (Fsp3) is 0.590. The van der Waals surface area contributed by atoms with E-state index < -0.39 is 76.9 Å². The van der Waals surface area contributed by atoms with Crippen LogP contribution in [-0.2, 0) is 36.9 Å². The SMILES string of the molecule is C[C@H](NC(=O)[C@@]12C[C@H]1CCCCCCC[C@H](NC(=O)OC(C)(C)C)C(=O)N1C[C@H](OC(=O)N3Cc4cccc(F)c4C3)C[C@H]1C(=O)N2)c1ccc(F)cn1. The van der Waals surface area contributed by atoms with Gasteiger partial charge < -0.3 is 30.3 Å². The maximum absolute atomic E-state index is 14.5. The first kappa shape index (κ1) is 38.9. The van der Waals surface area contributed by atoms with Crippen molar-refractivity contribution in [3.63, 3.8) is 0 Å². The molecular weight excluding hydrogens is 702 g/mol. The van der Waals surface area contributed by atoms with Gasteiger partial charge in [0.2, 0.25) is 17.7 Å². The van der Waals surface area contributed by atoms with E-state index in [0.717, 1.165) is 31.9 Å². The normalized spacial score (nSPS) is 26.6. The van der Waals surface area contributed by atoms with Gasteiger partial charge in [0, 0.05) is 18.5 Å². The smallest absolute Gasteiger partial charge is 0.410 e. The highest BCUT2D eigenvalue weighted by atomic mass is 19.1. The molecule has 54 heavy (non-hydrogen) atoms. The van der Waals surface area contributed by atoms with Gasteiger partial charge in [-0.3, -0.25) is 24.3 Å². The van der Waals surface area contributed by atoms with Crippen LogP contribution >= 0.6 is 0 Å². The monoisotopic (exact) mass is 752 g/mol. The molecule has 0 radical (unpaired) electrons. The van der Waals surface area contributed by atoms with E-state index in [2.05, 4.69) is 20.9 Å². The molecule has 1 aromatic carbocycles. The summed E-state index contributed by atoms with van der Waals surface area (Å²) in [6.45, 7) is 6.90. The highest BCUT2D eigenvalue weighted by Crippen LogP contribution is 2.48. The molecule has 2 saturated heterocycles. The molecule has 2 aromatic rings. The molecule has 1 aliphatic carbocycles. The zero-order valence-corrected chi connectivity index (χ0v) is 31.3. The molecule has 1 saturated carbocycles. The number of nitrogens with one attached hydrogen (secondary N) is 3. The Morgan fingerprint density at radius 3 is 2.46 bits per heavy atom. The number of carbonyl (C=O) groups excluding carboxylic acids is 5. The number of carbonyl (C=O) groups is 5. The zero-order valence-electron chi connectivity index (χ0n) is 31.3. The highest BCUT2D eigenvalue weighted by Gasteiger charge is 2.61. The Morgan fingerprint density at radius 2 is 1.76 bits per heavy atom. The largest absolute Gasteiger partial charge is 0.444 e. The van der Waals surface area contributed by atoms with Crippen LogP contribution in [0.1, 0.15) is 108 Å². The minimum absolute atomic E-state index is 0.0207. The number of pyridine rings is 1. The Hall–Kier alpha value is -4.82. The van der Waals surface area contributed by atoms with Crippen molar-refractivity contribution in [3.8, 4) is 0 Å². The van der Waals surface area contributed by atoms with Crippen molar-refractivity contribution in [1.29, 1.82) is 0 Å². The first-order chi connectivity index (χ1) is 25.6. The number of aromatic nitrogens is 1. The molecule has 4 heterocycles. The Balaban J connectivity index is 1.24. The summed E-state index contributed by atoms with van der Waals surface area (Å²) in [5.41, 5.74) is -0.545. The average molecular weight is 753 g/mol. The summed E-state index contributed by atoms with van der Waals surface area (Å²) < 4.78 is 39.3. The zero-order chi connectivity index (χ0) is 38.8. The van der Waals surface area contributed by atoms with Crippen molar-refractivity contribution in [3.05, 3.63) is 65.0 Å². The summed E-state index contributed by atoms with van der Waals surface area (Å²) >= 11 is 0. The van der Waals surface area contributed by atoms with Gasteiger partial charge in [0.15, 0.2) is 0 Å². The van der Waals surface area contributed by atoms with Gasteiger partial charge in [-0.1, -0.05) is 44.2 Å². The second-order valence-corrected chi connectivity index (χ2v) is 16.0. The second kappa shape index (κ2) is 15.9. The van der Waals surface area contributed by atoms with Gasteiger partial charge in [0.1, 0.15) is 41.0 Å². The third-order valence-corrected chi connectivity index (χ3v) is 10.7. The molecule has 4 aliphatic rings. The topological polar surface area (TPSA) is 159 Å². The predicted molar refractivity (Wildman–Crippen MR) is 191 cm³/mol. The lowest BCUT2D eigenvalue weighted by Crippen LogP contribution is -2.58. The quantitative estimate of drug-likeness (QED) is 0.378. The highest BCUT2D eigenvalue weighted by molar-refractivity contribution is 5.98. The number of halogens is 2. The van der Waals surface area contributed by atoms with E-state index in [4.69, 9.17) is 9.47 Å². The first-order valence-corrected chi connectivity index (χ1v) is 18.9. The number of hydrogen-bond donors (Lipinski definition) is 3. The molecule has 3 fully saturated rings. The van der Waals surface area contributed by atoms with E-state index in [0.29, 0.717) is 42.5 Å². The molecule has 292 valence electrons. The average Bonchev–Trinajstić information content (AvgIpc) is 3.40. The fourth-order valence-corrected chi connectivity index (χ4v) is 7.79. The van der Waals surface area contributed by atoms with Gasteiger partial charge in [0.25, 0.3) is 0 Å². The maximum Gasteiger partial charge on any atom is 0.410 e. The number of benzene rings is 1. The van der Waals surface area contributed by atoms with Crippen LogP contribution in [0.4, 0.5) is 18.4 Å². The van der Waals surface area contributed by atoms with E-state index in [1.807, 2.05) is 0 Å². The standard InChI is InChI=1S/C39H50F2N6O7/c1-23(30-16-15-26(40)19-42-30)43-35(50)39-18-25(39)12-8-6-5-7-9-14-31(44-36(51)54-38(2,3)4)34(49)47-21-27(17-32(47)33(48)45-39)53-37(52)46-20-24-11-10-13-29(41)28(24)22-46/h10-11,13,15-16,19,23,25,27,31-32H,5-9,12,14,17-18,20-22H2,1-4H3,(H,43,50)(H,44,51)(H,45,48)/t23-,25+,27+,31-,32-,39+/m0/s1. The number of rotatable bonds is 5. The Bertz CT molecular complexity index is 1750. The Morgan fingerprint density at radius 1 is 1.02 bits per heavy atom. The molecule has 13 nitrogen and oxygen atoms in total. The summed E-state index contributed by atoms with van der Waals surface area (Å²) in [6, 6.07) is 4.65. The molecule has 5 amide bonds. The first-order valence-electron chi connectivity index (χ1n) is 18.9. The lowest BCUT2D eigenvalue weighted by Gasteiger charge is -2.30. The lowest BCUT2D eigenvalue weighted by atomic mass is 10.0. The van der Waals surface area contributed by atoms with E-state index in [9.17, 15) is 32.8 Å². The molecule has 1 aromatic heterocycles. The minimum atomic E-state index is -1.26. The maximum atomic E-state index is 14.5. The van der Waals surface area contributed by atoms with Crippen molar-refractivity contribution >= 4 is 29.9 Å². The van der Waals surface area contributed by atoms with Gasteiger partial charge in [0.05, 0.1) is 31.0 Å². The number of amides is 5. The van der Waals surface area contributed by atoms with Crippen LogP contribution in [0.5, 0.6) is 0 Å². The van der Waals surface area contributed by atoms with Crippen molar-refractivity contribution in [1.82, 2.24) is 30.7 Å². The van der Waals surface area contributed by atoms with Crippen LogP contribution in [0.3, 0.4) is 0 Å². The van der Waals surface area contributed by atoms with Crippen LogP contribution in [0.2, 0.25) is 0 Å². The number of ether oxygens (including phenoxy) is 2. The summed E-state index contributed by atoms with van der Waals surface area (Å²) in [5.74, 6) is -2.61. The fourth-order valence-electron chi connectivity index (χ4n) is 7.79. The number of nitrogens with zero attached hydrogens (tertiary/aromatic N) is 3. The van der Waals surface area contributed by atoms with Crippen LogP contribution < -0.4 is 16.0 Å². The third-order valence-electron chi connectivity index (χ3n) is 10.7. The Labute approximate surface area is 313 Å². The van der Waals surface area contributed by atoms with Crippen molar-refractivity contribution in [2.75, 3.05) is 6.54 Å². The van der Waals surface area contributed by atoms with E-state index >= 15 is 0 Å². The van der Waals surface area contributed by atoms with Crippen molar-refractivity contribution in [2.24, 2.45) is 5.92 Å². The van der Waals surface area contributed by atoms with Gasteiger partial charge in [-0.2, -0.15) is 0 Å². The van der Waals surface area contributed by atoms with Crippen molar-refractivity contribution < 1.29 is 42.2 Å². The summed E-state index contributed by atoms with van der Waals surface area (Å²) in [6.07, 6.45) is 4.06. The predicted octanol–water partition coefficient (Wildman–Crippen LogP) is 5.17. The van der Waals surface area contributed by atoms with E-state index in [1.54, 1.807) is 39.8 Å². The summed E-state index contributed by atoms with van der Waals surface area (Å²) in [4.78, 5) is 75.9.